The zero-order chi connectivity index (χ0) is 15.6. The molecule has 6 heteroatoms. The van der Waals surface area contributed by atoms with Crippen LogP contribution in [0.3, 0.4) is 0 Å². The van der Waals surface area contributed by atoms with Crippen molar-refractivity contribution in [2.45, 2.75) is 37.8 Å². The first-order chi connectivity index (χ1) is 10.6. The summed E-state index contributed by atoms with van der Waals surface area (Å²) in [6.45, 7) is 4.81. The topological polar surface area (TPSA) is 41.6 Å². The molecule has 1 aromatic rings. The minimum Gasteiger partial charge on any atom is -0.370 e. The first-order valence-corrected chi connectivity index (χ1v) is 8.38. The number of carbonyl (C=O) groups excluding carboxylic acids is 1. The van der Waals surface area contributed by atoms with Gasteiger partial charge in [-0.25, -0.2) is 0 Å². The molecular formula is C17H24Cl2N2O2. The Morgan fingerprint density at radius 2 is 2.09 bits per heavy atom. The lowest BCUT2D eigenvalue weighted by Gasteiger charge is -2.41. The van der Waals surface area contributed by atoms with E-state index in [1.165, 1.54) is 0 Å². The van der Waals surface area contributed by atoms with Gasteiger partial charge in [-0.2, -0.15) is 0 Å². The van der Waals surface area contributed by atoms with Gasteiger partial charge in [0.1, 0.15) is 6.10 Å². The number of hydrogen-bond acceptors (Lipinski definition) is 3. The SMILES string of the molecule is CC1(C(=O)N2CCOC(c3ccc(Cl)cc3)C2)CCCCN1.Cl. The third-order valence-corrected chi connectivity index (χ3v) is 4.94. The number of halogens is 2. The van der Waals surface area contributed by atoms with Gasteiger partial charge in [0.15, 0.2) is 0 Å². The summed E-state index contributed by atoms with van der Waals surface area (Å²) in [7, 11) is 0. The largest absolute Gasteiger partial charge is 0.370 e. The van der Waals surface area contributed by atoms with Crippen LogP contribution in [-0.4, -0.2) is 42.6 Å². The molecule has 1 aromatic carbocycles. The van der Waals surface area contributed by atoms with Gasteiger partial charge in [0, 0.05) is 11.6 Å². The van der Waals surface area contributed by atoms with Crippen LogP contribution in [0, 0.1) is 0 Å². The Kier molecular flexibility index (Phi) is 6.32. The summed E-state index contributed by atoms with van der Waals surface area (Å²) in [5.74, 6) is 0.203. The van der Waals surface area contributed by atoms with E-state index < -0.39 is 5.54 Å². The summed E-state index contributed by atoms with van der Waals surface area (Å²) in [5, 5.41) is 4.12. The minimum absolute atomic E-state index is 0. The molecule has 2 unspecified atom stereocenters. The van der Waals surface area contributed by atoms with E-state index >= 15 is 0 Å². The summed E-state index contributed by atoms with van der Waals surface area (Å²) in [4.78, 5) is 14.8. The van der Waals surface area contributed by atoms with Crippen LogP contribution in [0.4, 0.5) is 0 Å². The molecule has 23 heavy (non-hydrogen) atoms. The van der Waals surface area contributed by atoms with Crippen molar-refractivity contribution in [2.24, 2.45) is 0 Å². The van der Waals surface area contributed by atoms with E-state index in [-0.39, 0.29) is 24.4 Å². The molecule has 0 bridgehead atoms. The van der Waals surface area contributed by atoms with Gasteiger partial charge in [0.25, 0.3) is 0 Å². The van der Waals surface area contributed by atoms with Crippen molar-refractivity contribution in [3.63, 3.8) is 0 Å². The lowest BCUT2D eigenvalue weighted by Crippen LogP contribution is -2.59. The van der Waals surface area contributed by atoms with Gasteiger partial charge < -0.3 is 15.0 Å². The van der Waals surface area contributed by atoms with Crippen LogP contribution in [0.25, 0.3) is 0 Å². The molecule has 1 amide bonds. The van der Waals surface area contributed by atoms with Crippen LogP contribution >= 0.6 is 24.0 Å². The van der Waals surface area contributed by atoms with Gasteiger partial charge in [-0.05, 0) is 50.4 Å². The van der Waals surface area contributed by atoms with Gasteiger partial charge in [0.05, 0.1) is 18.7 Å². The molecule has 3 rings (SSSR count). The Labute approximate surface area is 148 Å². The van der Waals surface area contributed by atoms with Crippen molar-refractivity contribution < 1.29 is 9.53 Å². The molecule has 0 aromatic heterocycles. The molecule has 2 saturated heterocycles. The maximum Gasteiger partial charge on any atom is 0.242 e. The number of benzene rings is 1. The second-order valence-electron chi connectivity index (χ2n) is 6.38. The summed E-state index contributed by atoms with van der Waals surface area (Å²) >= 11 is 5.94. The highest BCUT2D eigenvalue weighted by atomic mass is 35.5. The fourth-order valence-electron chi connectivity index (χ4n) is 3.30. The normalized spacial score (nSPS) is 28.1. The first-order valence-electron chi connectivity index (χ1n) is 8.00. The second kappa shape index (κ2) is 7.84. The Morgan fingerprint density at radius 3 is 2.74 bits per heavy atom. The molecule has 2 aliphatic heterocycles. The van der Waals surface area contributed by atoms with Crippen LogP contribution < -0.4 is 5.32 Å². The van der Waals surface area contributed by atoms with Crippen LogP contribution in [-0.2, 0) is 9.53 Å². The third-order valence-electron chi connectivity index (χ3n) is 4.69. The smallest absolute Gasteiger partial charge is 0.242 e. The van der Waals surface area contributed by atoms with E-state index in [0.29, 0.717) is 24.7 Å². The molecule has 2 aliphatic rings. The molecule has 0 radical (unpaired) electrons. The third kappa shape index (κ3) is 4.18. The fraction of sp³-hybridized carbons (Fsp3) is 0.588. The van der Waals surface area contributed by atoms with E-state index in [1.807, 2.05) is 36.1 Å². The number of rotatable bonds is 2. The van der Waals surface area contributed by atoms with Gasteiger partial charge in [-0.1, -0.05) is 23.7 Å². The Bertz CT molecular complexity index is 530. The highest BCUT2D eigenvalue weighted by Gasteiger charge is 2.39. The summed E-state index contributed by atoms with van der Waals surface area (Å²) in [5.41, 5.74) is 0.656. The molecule has 2 fully saturated rings. The van der Waals surface area contributed by atoms with E-state index in [9.17, 15) is 4.79 Å². The number of morpholine rings is 1. The molecule has 0 spiro atoms. The van der Waals surface area contributed by atoms with Crippen molar-refractivity contribution in [3.8, 4) is 0 Å². The zero-order valence-corrected chi connectivity index (χ0v) is 15.0. The van der Waals surface area contributed by atoms with Crippen LogP contribution in [0.15, 0.2) is 24.3 Å². The zero-order valence-electron chi connectivity index (χ0n) is 13.4. The Morgan fingerprint density at radius 1 is 1.35 bits per heavy atom. The number of nitrogens with zero attached hydrogens (tertiary/aromatic N) is 1. The summed E-state index contributed by atoms with van der Waals surface area (Å²) in [6, 6.07) is 7.68. The van der Waals surface area contributed by atoms with E-state index in [2.05, 4.69) is 5.32 Å². The lowest BCUT2D eigenvalue weighted by atomic mass is 9.89. The summed E-state index contributed by atoms with van der Waals surface area (Å²) < 4.78 is 5.85. The van der Waals surface area contributed by atoms with Crippen molar-refractivity contribution in [2.75, 3.05) is 26.2 Å². The van der Waals surface area contributed by atoms with Crippen LogP contribution in [0.2, 0.25) is 5.02 Å². The highest BCUT2D eigenvalue weighted by molar-refractivity contribution is 6.30. The van der Waals surface area contributed by atoms with Gasteiger partial charge in [0.2, 0.25) is 5.91 Å². The number of hydrogen-bond donors (Lipinski definition) is 1. The first kappa shape index (κ1) is 18.5. The molecule has 128 valence electrons. The van der Waals surface area contributed by atoms with Crippen LogP contribution in [0.1, 0.15) is 37.9 Å². The molecule has 0 saturated carbocycles. The predicted octanol–water partition coefficient (Wildman–Crippen LogP) is 3.19. The maximum absolute atomic E-state index is 12.9. The fourth-order valence-corrected chi connectivity index (χ4v) is 3.43. The van der Waals surface area contributed by atoms with Gasteiger partial charge in [-0.3, -0.25) is 4.79 Å². The number of amides is 1. The van der Waals surface area contributed by atoms with E-state index in [4.69, 9.17) is 16.3 Å². The number of ether oxygens (including phenoxy) is 1. The number of piperidine rings is 1. The van der Waals surface area contributed by atoms with Crippen molar-refractivity contribution in [1.29, 1.82) is 0 Å². The predicted molar refractivity (Wildman–Crippen MR) is 94.2 cm³/mol. The minimum atomic E-state index is -0.417. The molecule has 4 nitrogen and oxygen atoms in total. The van der Waals surface area contributed by atoms with Crippen molar-refractivity contribution in [3.05, 3.63) is 34.9 Å². The van der Waals surface area contributed by atoms with E-state index in [1.54, 1.807) is 0 Å². The van der Waals surface area contributed by atoms with Gasteiger partial charge >= 0.3 is 0 Å². The number of nitrogens with one attached hydrogen (secondary N) is 1. The molecule has 2 heterocycles. The quantitative estimate of drug-likeness (QED) is 0.882. The summed E-state index contributed by atoms with van der Waals surface area (Å²) in [6.07, 6.45) is 3.11. The molecule has 1 N–H and O–H groups in total. The Hall–Kier alpha value is -0.810. The second-order valence-corrected chi connectivity index (χ2v) is 6.81. The average Bonchev–Trinajstić information content (AvgIpc) is 2.56. The van der Waals surface area contributed by atoms with Crippen molar-refractivity contribution in [1.82, 2.24) is 10.2 Å². The highest BCUT2D eigenvalue weighted by Crippen LogP contribution is 2.27. The molecule has 0 aliphatic carbocycles. The molecular weight excluding hydrogens is 335 g/mol. The van der Waals surface area contributed by atoms with E-state index in [0.717, 1.165) is 31.4 Å². The van der Waals surface area contributed by atoms with Crippen LogP contribution in [0.5, 0.6) is 0 Å². The number of carbonyl (C=O) groups is 1. The molecule has 2 atom stereocenters. The van der Waals surface area contributed by atoms with Gasteiger partial charge in [-0.15, -0.1) is 12.4 Å². The average molecular weight is 359 g/mol. The van der Waals surface area contributed by atoms with Crippen molar-refractivity contribution >= 4 is 29.9 Å². The maximum atomic E-state index is 12.9. The monoisotopic (exact) mass is 358 g/mol. The lowest BCUT2D eigenvalue weighted by molar-refractivity contribution is -0.146. The Balaban J connectivity index is 0.00000192. The standard InChI is InChI=1S/C17H23ClN2O2.ClH/c1-17(8-2-3-9-19-17)16(21)20-10-11-22-15(12-20)13-4-6-14(18)7-5-13;/h4-7,15,19H,2-3,8-12H2,1H3;1H.